The minimum Gasteiger partial charge on any atom is -0.340 e. The van der Waals surface area contributed by atoms with Crippen molar-refractivity contribution in [1.29, 1.82) is 0 Å². The number of rotatable bonds is 5. The van der Waals surface area contributed by atoms with Crippen LogP contribution >= 0.6 is 11.6 Å². The average molecular weight is 482 g/mol. The predicted octanol–water partition coefficient (Wildman–Crippen LogP) is 2.26. The molecule has 11 heteroatoms. The Hall–Kier alpha value is -2.01. The van der Waals surface area contributed by atoms with Crippen molar-refractivity contribution >= 4 is 27.5 Å². The fourth-order valence-corrected chi connectivity index (χ4v) is 6.32. The standard InChI is InChI=1S/C21H28ClN5O4S/c1-3-25-9-11-26(12-10-25)21(28)17-5-4-8-27(14-17)32(29,30)19-13-16(6-7-18(19)22)20-23-15(2)31-24-20/h6-7,13,17H,3-5,8-12,14H2,1-2H3. The van der Waals surface area contributed by atoms with Crippen molar-refractivity contribution in [2.24, 2.45) is 5.92 Å². The summed E-state index contributed by atoms with van der Waals surface area (Å²) in [5.41, 5.74) is 0.503. The van der Waals surface area contributed by atoms with Crippen LogP contribution in [0.4, 0.5) is 0 Å². The number of carbonyl (C=O) groups is 1. The van der Waals surface area contributed by atoms with E-state index < -0.39 is 10.0 Å². The summed E-state index contributed by atoms with van der Waals surface area (Å²) in [5.74, 6) is 0.390. The SMILES string of the molecule is CCN1CCN(C(=O)C2CCCN(S(=O)(=O)c3cc(-c4noc(C)n4)ccc3Cl)C2)CC1. The van der Waals surface area contributed by atoms with Gasteiger partial charge < -0.3 is 14.3 Å². The van der Waals surface area contributed by atoms with E-state index in [9.17, 15) is 13.2 Å². The van der Waals surface area contributed by atoms with Crippen LogP contribution in [0.5, 0.6) is 0 Å². The molecule has 1 aromatic carbocycles. The van der Waals surface area contributed by atoms with Crippen LogP contribution in [0.15, 0.2) is 27.6 Å². The van der Waals surface area contributed by atoms with Crippen LogP contribution in [0, 0.1) is 12.8 Å². The van der Waals surface area contributed by atoms with E-state index >= 15 is 0 Å². The third-order valence-electron chi connectivity index (χ3n) is 6.20. The first-order chi connectivity index (χ1) is 15.3. The lowest BCUT2D eigenvalue weighted by molar-refractivity contribution is -0.138. The molecule has 2 aromatic rings. The fraction of sp³-hybridized carbons (Fsp3) is 0.571. The first-order valence-corrected chi connectivity index (χ1v) is 12.7. The summed E-state index contributed by atoms with van der Waals surface area (Å²) in [6.45, 7) is 8.36. The summed E-state index contributed by atoms with van der Waals surface area (Å²) in [6.07, 6.45) is 1.32. The largest absolute Gasteiger partial charge is 0.340 e. The molecule has 1 amide bonds. The number of piperazine rings is 1. The van der Waals surface area contributed by atoms with Crippen molar-refractivity contribution in [3.05, 3.63) is 29.1 Å². The molecule has 0 N–H and O–H groups in total. The van der Waals surface area contributed by atoms with Gasteiger partial charge in [-0.15, -0.1) is 0 Å². The molecule has 3 heterocycles. The Balaban J connectivity index is 1.52. The third-order valence-corrected chi connectivity index (χ3v) is 8.55. The zero-order chi connectivity index (χ0) is 22.9. The molecular weight excluding hydrogens is 454 g/mol. The Morgan fingerprint density at radius 2 is 1.97 bits per heavy atom. The van der Waals surface area contributed by atoms with Gasteiger partial charge in [0.15, 0.2) is 0 Å². The van der Waals surface area contributed by atoms with Gasteiger partial charge in [0.1, 0.15) is 4.90 Å². The molecule has 174 valence electrons. The molecule has 4 rings (SSSR count). The summed E-state index contributed by atoms with van der Waals surface area (Å²) < 4.78 is 33.3. The van der Waals surface area contributed by atoms with E-state index in [1.54, 1.807) is 13.0 Å². The molecule has 9 nitrogen and oxygen atoms in total. The van der Waals surface area contributed by atoms with E-state index in [2.05, 4.69) is 22.0 Å². The molecule has 2 saturated heterocycles. The van der Waals surface area contributed by atoms with Gasteiger partial charge in [-0.05, 0) is 37.6 Å². The summed E-state index contributed by atoms with van der Waals surface area (Å²) in [7, 11) is -3.89. The van der Waals surface area contributed by atoms with Crippen molar-refractivity contribution in [2.75, 3.05) is 45.8 Å². The van der Waals surface area contributed by atoms with E-state index in [1.165, 1.54) is 16.4 Å². The van der Waals surface area contributed by atoms with Crippen LogP contribution in [0.2, 0.25) is 5.02 Å². The molecule has 0 bridgehead atoms. The van der Waals surface area contributed by atoms with Crippen LogP contribution in [-0.4, -0.2) is 84.4 Å². The molecular formula is C21H28ClN5O4S. The molecule has 2 aliphatic rings. The highest BCUT2D eigenvalue weighted by atomic mass is 35.5. The van der Waals surface area contributed by atoms with E-state index in [1.807, 2.05) is 4.90 Å². The molecule has 0 saturated carbocycles. The Morgan fingerprint density at radius 1 is 1.22 bits per heavy atom. The Morgan fingerprint density at radius 3 is 2.62 bits per heavy atom. The minimum absolute atomic E-state index is 0.0104. The van der Waals surface area contributed by atoms with Gasteiger partial charge in [-0.1, -0.05) is 23.7 Å². The highest BCUT2D eigenvalue weighted by Gasteiger charge is 2.36. The van der Waals surface area contributed by atoms with Crippen molar-refractivity contribution in [1.82, 2.24) is 24.2 Å². The average Bonchev–Trinajstić information content (AvgIpc) is 3.25. The number of sulfonamides is 1. The van der Waals surface area contributed by atoms with Crippen LogP contribution in [-0.2, 0) is 14.8 Å². The number of likely N-dealkylation sites (N-methyl/N-ethyl adjacent to an activating group) is 1. The number of halogens is 1. The van der Waals surface area contributed by atoms with Gasteiger partial charge in [0.05, 0.1) is 10.9 Å². The lowest BCUT2D eigenvalue weighted by Gasteiger charge is -2.38. The van der Waals surface area contributed by atoms with Gasteiger partial charge in [0, 0.05) is 51.8 Å². The van der Waals surface area contributed by atoms with E-state index in [4.69, 9.17) is 16.1 Å². The second-order valence-electron chi connectivity index (χ2n) is 8.24. The van der Waals surface area contributed by atoms with Gasteiger partial charge in [-0.25, -0.2) is 8.42 Å². The molecule has 0 spiro atoms. The van der Waals surface area contributed by atoms with Crippen molar-refractivity contribution in [2.45, 2.75) is 31.6 Å². The monoisotopic (exact) mass is 481 g/mol. The van der Waals surface area contributed by atoms with Gasteiger partial charge >= 0.3 is 0 Å². The van der Waals surface area contributed by atoms with Crippen LogP contribution in [0.25, 0.3) is 11.4 Å². The van der Waals surface area contributed by atoms with E-state index in [0.29, 0.717) is 49.8 Å². The van der Waals surface area contributed by atoms with Gasteiger partial charge in [0.2, 0.25) is 27.6 Å². The zero-order valence-electron chi connectivity index (χ0n) is 18.3. The Bertz CT molecular complexity index is 1080. The molecule has 1 aromatic heterocycles. The first kappa shape index (κ1) is 23.2. The second-order valence-corrected chi connectivity index (χ2v) is 10.6. The number of aryl methyl sites for hydroxylation is 1. The number of aromatic nitrogens is 2. The van der Waals surface area contributed by atoms with Gasteiger partial charge in [-0.3, -0.25) is 4.79 Å². The molecule has 32 heavy (non-hydrogen) atoms. The summed E-state index contributed by atoms with van der Waals surface area (Å²) in [4.78, 5) is 21.4. The molecule has 0 aliphatic carbocycles. The van der Waals surface area contributed by atoms with Crippen molar-refractivity contribution in [3.8, 4) is 11.4 Å². The molecule has 0 radical (unpaired) electrons. The minimum atomic E-state index is -3.89. The zero-order valence-corrected chi connectivity index (χ0v) is 19.9. The Kier molecular flexibility index (Phi) is 6.85. The number of amides is 1. The first-order valence-electron chi connectivity index (χ1n) is 10.9. The summed E-state index contributed by atoms with van der Waals surface area (Å²) in [5, 5.41) is 3.98. The fourth-order valence-electron chi connectivity index (χ4n) is 4.30. The van der Waals surface area contributed by atoms with Gasteiger partial charge in [0.25, 0.3) is 0 Å². The lowest BCUT2D eigenvalue weighted by Crippen LogP contribution is -2.52. The number of benzene rings is 1. The lowest BCUT2D eigenvalue weighted by atomic mass is 9.98. The number of nitrogens with zero attached hydrogens (tertiary/aromatic N) is 5. The van der Waals surface area contributed by atoms with Crippen molar-refractivity contribution in [3.63, 3.8) is 0 Å². The van der Waals surface area contributed by atoms with Crippen LogP contribution < -0.4 is 0 Å². The number of piperidine rings is 1. The number of carbonyl (C=O) groups excluding carboxylic acids is 1. The smallest absolute Gasteiger partial charge is 0.244 e. The maximum absolute atomic E-state index is 13.5. The highest BCUT2D eigenvalue weighted by molar-refractivity contribution is 7.89. The second kappa shape index (κ2) is 9.46. The maximum atomic E-state index is 13.5. The normalized spacial score (nSPS) is 21.1. The van der Waals surface area contributed by atoms with Crippen LogP contribution in [0.1, 0.15) is 25.7 Å². The quantitative estimate of drug-likeness (QED) is 0.645. The number of hydrogen-bond donors (Lipinski definition) is 0. The molecule has 2 aliphatic heterocycles. The molecule has 1 atom stereocenters. The van der Waals surface area contributed by atoms with Crippen molar-refractivity contribution < 1.29 is 17.7 Å². The van der Waals surface area contributed by atoms with E-state index in [0.717, 1.165) is 19.6 Å². The summed E-state index contributed by atoms with van der Waals surface area (Å²) >= 11 is 6.29. The predicted molar refractivity (Wildman–Crippen MR) is 120 cm³/mol. The highest BCUT2D eigenvalue weighted by Crippen LogP contribution is 2.32. The number of hydrogen-bond acceptors (Lipinski definition) is 7. The topological polar surface area (TPSA) is 99.8 Å². The maximum Gasteiger partial charge on any atom is 0.244 e. The Labute approximate surface area is 193 Å². The third kappa shape index (κ3) is 4.68. The van der Waals surface area contributed by atoms with Crippen LogP contribution in [0.3, 0.4) is 0 Å². The molecule has 2 fully saturated rings. The van der Waals surface area contributed by atoms with E-state index in [-0.39, 0.29) is 28.3 Å². The summed E-state index contributed by atoms with van der Waals surface area (Å²) in [6, 6.07) is 4.65. The molecule has 1 unspecified atom stereocenters. The van der Waals surface area contributed by atoms with Gasteiger partial charge in [-0.2, -0.15) is 9.29 Å².